The molecule has 0 bridgehead atoms. The molecule has 1 aromatic rings. The van der Waals surface area contributed by atoms with E-state index in [1.54, 1.807) is 18.9 Å². The number of furan rings is 1. The van der Waals surface area contributed by atoms with Crippen molar-refractivity contribution in [3.05, 3.63) is 23.2 Å². The van der Waals surface area contributed by atoms with E-state index >= 15 is 0 Å². The minimum absolute atomic E-state index is 0.0231. The number of aryl methyl sites for hydroxylation is 1. The molecule has 5 heteroatoms. The molecule has 0 radical (unpaired) electrons. The van der Waals surface area contributed by atoms with Crippen molar-refractivity contribution in [3.63, 3.8) is 0 Å². The first-order valence-electron chi connectivity index (χ1n) is 6.44. The molecule has 1 aromatic heterocycles. The minimum Gasteiger partial charge on any atom is -0.478 e. The first-order chi connectivity index (χ1) is 8.86. The molecule has 1 amide bonds. The second kappa shape index (κ2) is 6.41. The number of carbonyl (C=O) groups excluding carboxylic acids is 1. The van der Waals surface area contributed by atoms with Gasteiger partial charge in [0.2, 0.25) is 5.91 Å². The third-order valence-corrected chi connectivity index (χ3v) is 3.11. The van der Waals surface area contributed by atoms with E-state index in [1.165, 1.54) is 6.07 Å². The van der Waals surface area contributed by atoms with Crippen LogP contribution in [0.25, 0.3) is 0 Å². The predicted molar refractivity (Wildman–Crippen MR) is 71.0 cm³/mol. The number of amides is 1. The van der Waals surface area contributed by atoms with Gasteiger partial charge in [0.15, 0.2) is 0 Å². The number of hydrogen-bond donors (Lipinski definition) is 1. The zero-order valence-electron chi connectivity index (χ0n) is 11.9. The zero-order chi connectivity index (χ0) is 14.6. The monoisotopic (exact) mass is 267 g/mol. The Morgan fingerprint density at radius 1 is 1.47 bits per heavy atom. The molecule has 19 heavy (non-hydrogen) atoms. The van der Waals surface area contributed by atoms with Crippen molar-refractivity contribution < 1.29 is 19.1 Å². The number of carbonyl (C=O) groups is 2. The fraction of sp³-hybridized carbons (Fsp3) is 0.571. The van der Waals surface area contributed by atoms with E-state index in [4.69, 9.17) is 9.52 Å². The first-order valence-corrected chi connectivity index (χ1v) is 6.44. The lowest BCUT2D eigenvalue weighted by molar-refractivity contribution is -0.134. The van der Waals surface area contributed by atoms with Gasteiger partial charge in [-0.05, 0) is 19.4 Å². The molecule has 0 saturated heterocycles. The summed E-state index contributed by atoms with van der Waals surface area (Å²) < 4.78 is 5.36. The van der Waals surface area contributed by atoms with Crippen LogP contribution in [-0.4, -0.2) is 28.9 Å². The summed E-state index contributed by atoms with van der Waals surface area (Å²) in [5.41, 5.74) is 0.150. The summed E-state index contributed by atoms with van der Waals surface area (Å²) in [6, 6.07) is 1.48. The summed E-state index contributed by atoms with van der Waals surface area (Å²) in [5.74, 6) is -0.127. The summed E-state index contributed by atoms with van der Waals surface area (Å²) >= 11 is 0. The van der Waals surface area contributed by atoms with Crippen LogP contribution in [-0.2, 0) is 11.3 Å². The van der Waals surface area contributed by atoms with Gasteiger partial charge < -0.3 is 14.4 Å². The van der Waals surface area contributed by atoms with E-state index in [1.807, 2.05) is 13.8 Å². The topological polar surface area (TPSA) is 70.8 Å². The zero-order valence-corrected chi connectivity index (χ0v) is 11.9. The van der Waals surface area contributed by atoms with Gasteiger partial charge in [-0.2, -0.15) is 0 Å². The molecule has 0 aromatic carbocycles. The Hall–Kier alpha value is -1.78. The molecule has 0 aliphatic heterocycles. The second-order valence-electron chi connectivity index (χ2n) is 4.87. The Morgan fingerprint density at radius 3 is 2.58 bits per heavy atom. The van der Waals surface area contributed by atoms with Crippen molar-refractivity contribution in [1.82, 2.24) is 4.90 Å². The number of nitrogens with zero attached hydrogens (tertiary/aromatic N) is 1. The Bertz CT molecular complexity index is 464. The molecule has 1 heterocycles. The minimum atomic E-state index is -1.01. The molecule has 0 spiro atoms. The first kappa shape index (κ1) is 15.3. The van der Waals surface area contributed by atoms with Gasteiger partial charge >= 0.3 is 5.97 Å². The van der Waals surface area contributed by atoms with E-state index in [9.17, 15) is 9.59 Å². The summed E-state index contributed by atoms with van der Waals surface area (Å²) in [7, 11) is 1.70. The molecule has 0 fully saturated rings. The van der Waals surface area contributed by atoms with E-state index in [0.29, 0.717) is 18.1 Å². The van der Waals surface area contributed by atoms with Crippen molar-refractivity contribution in [2.24, 2.45) is 5.92 Å². The molecule has 1 rings (SSSR count). The van der Waals surface area contributed by atoms with Gasteiger partial charge in [0, 0.05) is 13.0 Å². The van der Waals surface area contributed by atoms with Crippen molar-refractivity contribution in [1.29, 1.82) is 0 Å². The van der Waals surface area contributed by atoms with Crippen LogP contribution in [0.15, 0.2) is 10.5 Å². The van der Waals surface area contributed by atoms with Gasteiger partial charge in [0.1, 0.15) is 17.1 Å². The fourth-order valence-corrected chi connectivity index (χ4v) is 2.08. The summed E-state index contributed by atoms with van der Waals surface area (Å²) in [6.45, 7) is 5.84. The molecule has 0 aliphatic rings. The average Bonchev–Trinajstić information content (AvgIpc) is 2.69. The van der Waals surface area contributed by atoms with Crippen LogP contribution in [0.5, 0.6) is 0 Å². The number of rotatable bonds is 6. The van der Waals surface area contributed by atoms with Crippen LogP contribution < -0.4 is 0 Å². The third-order valence-electron chi connectivity index (χ3n) is 3.11. The van der Waals surface area contributed by atoms with Crippen molar-refractivity contribution >= 4 is 11.9 Å². The highest BCUT2D eigenvalue weighted by molar-refractivity contribution is 5.88. The van der Waals surface area contributed by atoms with E-state index in [0.717, 1.165) is 12.8 Å². The molecule has 0 aliphatic carbocycles. The number of aromatic carboxylic acids is 1. The van der Waals surface area contributed by atoms with Crippen LogP contribution in [0.1, 0.15) is 48.6 Å². The maximum atomic E-state index is 12.0. The number of hydrogen-bond acceptors (Lipinski definition) is 3. The third kappa shape index (κ3) is 3.84. The predicted octanol–water partition coefficient (Wildman–Crippen LogP) is 2.68. The van der Waals surface area contributed by atoms with Gasteiger partial charge in [-0.3, -0.25) is 4.79 Å². The molecule has 106 valence electrons. The molecular weight excluding hydrogens is 246 g/mol. The van der Waals surface area contributed by atoms with E-state index < -0.39 is 5.97 Å². The van der Waals surface area contributed by atoms with Crippen LogP contribution in [0.4, 0.5) is 0 Å². The van der Waals surface area contributed by atoms with E-state index in [-0.39, 0.29) is 17.4 Å². The Labute approximate surface area is 113 Å². The number of carboxylic acids is 1. The van der Waals surface area contributed by atoms with Crippen LogP contribution in [0, 0.1) is 12.8 Å². The molecule has 1 unspecified atom stereocenters. The quantitative estimate of drug-likeness (QED) is 0.860. The highest BCUT2D eigenvalue weighted by atomic mass is 16.4. The van der Waals surface area contributed by atoms with Crippen LogP contribution in [0.3, 0.4) is 0 Å². The maximum absolute atomic E-state index is 12.0. The van der Waals surface area contributed by atoms with Crippen molar-refractivity contribution in [2.75, 3.05) is 7.05 Å². The smallest absolute Gasteiger partial charge is 0.339 e. The second-order valence-corrected chi connectivity index (χ2v) is 4.87. The van der Waals surface area contributed by atoms with Crippen LogP contribution in [0.2, 0.25) is 0 Å². The lowest BCUT2D eigenvalue weighted by atomic mass is 10.1. The molecule has 1 atom stereocenters. The highest BCUT2D eigenvalue weighted by Gasteiger charge is 2.19. The van der Waals surface area contributed by atoms with Crippen molar-refractivity contribution in [3.8, 4) is 0 Å². The normalized spacial score (nSPS) is 12.2. The van der Waals surface area contributed by atoms with E-state index in [2.05, 4.69) is 0 Å². The molecular formula is C14H21NO4. The average molecular weight is 267 g/mol. The van der Waals surface area contributed by atoms with Gasteiger partial charge in [0.25, 0.3) is 0 Å². The molecule has 1 N–H and O–H groups in total. The lowest BCUT2D eigenvalue weighted by Gasteiger charge is -2.20. The van der Waals surface area contributed by atoms with Gasteiger partial charge in [-0.15, -0.1) is 0 Å². The summed E-state index contributed by atoms with van der Waals surface area (Å²) in [5, 5.41) is 8.94. The standard InChI is InChI=1S/C14H21NO4/c1-5-6-9(2)13(16)15(4)8-11-7-12(14(17)18)10(3)19-11/h7,9H,5-6,8H2,1-4H3,(H,17,18). The van der Waals surface area contributed by atoms with Gasteiger partial charge in [0.05, 0.1) is 6.54 Å². The van der Waals surface area contributed by atoms with Gasteiger partial charge in [-0.1, -0.05) is 20.3 Å². The Balaban J connectivity index is 2.71. The SMILES string of the molecule is CCCC(C)C(=O)N(C)Cc1cc(C(=O)O)c(C)o1. The Kier molecular flexibility index (Phi) is 5.15. The molecule has 5 nitrogen and oxygen atoms in total. The maximum Gasteiger partial charge on any atom is 0.339 e. The number of carboxylic acid groups (broad SMARTS) is 1. The summed E-state index contributed by atoms with van der Waals surface area (Å²) in [4.78, 5) is 24.5. The van der Waals surface area contributed by atoms with Crippen LogP contribution >= 0.6 is 0 Å². The largest absolute Gasteiger partial charge is 0.478 e. The Morgan fingerprint density at radius 2 is 2.11 bits per heavy atom. The van der Waals surface area contributed by atoms with Gasteiger partial charge in [-0.25, -0.2) is 4.79 Å². The van der Waals surface area contributed by atoms with Crippen molar-refractivity contribution in [2.45, 2.75) is 40.2 Å². The fourth-order valence-electron chi connectivity index (χ4n) is 2.08. The summed E-state index contributed by atoms with van der Waals surface area (Å²) in [6.07, 6.45) is 1.81. The lowest BCUT2D eigenvalue weighted by Crippen LogP contribution is -2.31. The molecule has 0 saturated carbocycles. The highest BCUT2D eigenvalue weighted by Crippen LogP contribution is 2.17.